The van der Waals surface area contributed by atoms with Gasteiger partial charge in [-0.15, -0.1) is 4.91 Å². The van der Waals surface area contributed by atoms with Crippen molar-refractivity contribution in [3.05, 3.63) is 16.7 Å². The zero-order valence-corrected chi connectivity index (χ0v) is 8.29. The molecule has 1 aliphatic carbocycles. The highest BCUT2D eigenvalue weighted by Crippen LogP contribution is 2.60. The van der Waals surface area contributed by atoms with Crippen molar-refractivity contribution in [1.82, 2.24) is 0 Å². The van der Waals surface area contributed by atoms with Crippen LogP contribution in [0.25, 0.3) is 0 Å². The van der Waals surface area contributed by atoms with Crippen molar-refractivity contribution in [2.45, 2.75) is 34.1 Å². The topological polar surface area (TPSA) is 29.4 Å². The SMILES string of the molecule is C/C(=C\N=O)CC1C(C)C1(C)C. The molecule has 2 unspecified atom stereocenters. The number of allylic oxidation sites excluding steroid dienone is 1. The first-order valence-corrected chi connectivity index (χ1v) is 4.48. The molecule has 0 spiro atoms. The van der Waals surface area contributed by atoms with Gasteiger partial charge in [-0.25, -0.2) is 0 Å². The highest BCUT2D eigenvalue weighted by Gasteiger charge is 2.53. The van der Waals surface area contributed by atoms with E-state index in [-0.39, 0.29) is 0 Å². The minimum absolute atomic E-state index is 0.470. The van der Waals surface area contributed by atoms with E-state index in [9.17, 15) is 4.91 Å². The molecular formula is C10H17NO. The van der Waals surface area contributed by atoms with Crippen LogP contribution in [0.2, 0.25) is 0 Å². The van der Waals surface area contributed by atoms with E-state index in [1.54, 1.807) is 0 Å². The first-order chi connectivity index (χ1) is 5.50. The first-order valence-electron chi connectivity index (χ1n) is 4.48. The largest absolute Gasteiger partial charge is 0.145 e. The van der Waals surface area contributed by atoms with E-state index in [2.05, 4.69) is 25.9 Å². The molecule has 0 amide bonds. The van der Waals surface area contributed by atoms with Gasteiger partial charge in [-0.2, -0.15) is 0 Å². The normalized spacial score (nSPS) is 33.2. The maximum atomic E-state index is 9.93. The van der Waals surface area contributed by atoms with E-state index >= 15 is 0 Å². The Morgan fingerprint density at radius 1 is 1.58 bits per heavy atom. The highest BCUT2D eigenvalue weighted by atomic mass is 16.2. The zero-order valence-electron chi connectivity index (χ0n) is 8.29. The molecule has 1 rings (SSSR count). The first kappa shape index (κ1) is 9.43. The van der Waals surface area contributed by atoms with Crippen molar-refractivity contribution in [3.8, 4) is 0 Å². The van der Waals surface area contributed by atoms with Crippen LogP contribution in [0.15, 0.2) is 16.9 Å². The predicted molar refractivity (Wildman–Crippen MR) is 50.6 cm³/mol. The van der Waals surface area contributed by atoms with Crippen molar-refractivity contribution in [1.29, 1.82) is 0 Å². The smallest absolute Gasteiger partial charge is 0.0704 e. The molecule has 0 aromatic carbocycles. The van der Waals surface area contributed by atoms with Crippen LogP contribution in [0.4, 0.5) is 0 Å². The fraction of sp³-hybridized carbons (Fsp3) is 0.800. The van der Waals surface area contributed by atoms with Gasteiger partial charge >= 0.3 is 0 Å². The Bertz CT molecular complexity index is 218. The van der Waals surface area contributed by atoms with Gasteiger partial charge in [-0.1, -0.05) is 26.3 Å². The van der Waals surface area contributed by atoms with Crippen molar-refractivity contribution in [2.24, 2.45) is 22.4 Å². The molecule has 0 aromatic rings. The van der Waals surface area contributed by atoms with E-state index < -0.39 is 0 Å². The van der Waals surface area contributed by atoms with Crippen LogP contribution in [-0.2, 0) is 0 Å². The van der Waals surface area contributed by atoms with Crippen LogP contribution in [-0.4, -0.2) is 0 Å². The van der Waals surface area contributed by atoms with Gasteiger partial charge < -0.3 is 0 Å². The molecule has 2 atom stereocenters. The van der Waals surface area contributed by atoms with Gasteiger partial charge in [0.2, 0.25) is 0 Å². The zero-order chi connectivity index (χ0) is 9.35. The third-order valence-corrected chi connectivity index (χ3v) is 3.44. The van der Waals surface area contributed by atoms with E-state index in [0.717, 1.165) is 23.8 Å². The average molecular weight is 167 g/mol. The van der Waals surface area contributed by atoms with Gasteiger partial charge in [0.05, 0.1) is 6.20 Å². The summed E-state index contributed by atoms with van der Waals surface area (Å²) in [5.74, 6) is 1.53. The van der Waals surface area contributed by atoms with Crippen molar-refractivity contribution in [3.63, 3.8) is 0 Å². The van der Waals surface area contributed by atoms with Crippen molar-refractivity contribution >= 4 is 0 Å². The Labute approximate surface area is 74.0 Å². The molecule has 0 N–H and O–H groups in total. The summed E-state index contributed by atoms with van der Waals surface area (Å²) in [4.78, 5) is 9.93. The van der Waals surface area contributed by atoms with Crippen molar-refractivity contribution in [2.75, 3.05) is 0 Å². The molecule has 68 valence electrons. The van der Waals surface area contributed by atoms with Gasteiger partial charge in [0.25, 0.3) is 0 Å². The molecule has 1 fully saturated rings. The monoisotopic (exact) mass is 167 g/mol. The number of hydrogen-bond acceptors (Lipinski definition) is 2. The summed E-state index contributed by atoms with van der Waals surface area (Å²) < 4.78 is 0. The molecule has 2 heteroatoms. The van der Waals surface area contributed by atoms with Gasteiger partial charge in [-0.05, 0) is 35.8 Å². The number of nitrogens with zero attached hydrogens (tertiary/aromatic N) is 1. The number of rotatable bonds is 3. The van der Waals surface area contributed by atoms with E-state index in [1.165, 1.54) is 6.20 Å². The van der Waals surface area contributed by atoms with Crippen molar-refractivity contribution < 1.29 is 0 Å². The quantitative estimate of drug-likeness (QED) is 0.593. The third kappa shape index (κ3) is 1.57. The molecule has 0 heterocycles. The molecule has 0 saturated heterocycles. The second kappa shape index (κ2) is 3.00. The van der Waals surface area contributed by atoms with Crippen LogP contribution in [0.3, 0.4) is 0 Å². The second-order valence-electron chi connectivity index (χ2n) is 4.50. The molecule has 1 aliphatic rings. The molecule has 0 bridgehead atoms. The molecular weight excluding hydrogens is 150 g/mol. The fourth-order valence-electron chi connectivity index (χ4n) is 1.95. The molecule has 2 nitrogen and oxygen atoms in total. The third-order valence-electron chi connectivity index (χ3n) is 3.44. The summed E-state index contributed by atoms with van der Waals surface area (Å²) >= 11 is 0. The van der Waals surface area contributed by atoms with E-state index in [1.807, 2.05) is 6.92 Å². The Morgan fingerprint density at radius 2 is 2.08 bits per heavy atom. The average Bonchev–Trinajstić information content (AvgIpc) is 2.40. The fourth-order valence-corrected chi connectivity index (χ4v) is 1.95. The maximum Gasteiger partial charge on any atom is 0.0704 e. The summed E-state index contributed by atoms with van der Waals surface area (Å²) in [6.45, 7) is 8.81. The number of nitroso groups, excluding NO2 is 1. The molecule has 12 heavy (non-hydrogen) atoms. The Morgan fingerprint density at radius 3 is 2.42 bits per heavy atom. The highest BCUT2D eigenvalue weighted by molar-refractivity contribution is 5.10. The van der Waals surface area contributed by atoms with Gasteiger partial charge in [0, 0.05) is 0 Å². The maximum absolute atomic E-state index is 9.93. The minimum Gasteiger partial charge on any atom is -0.145 e. The minimum atomic E-state index is 0.470. The van der Waals surface area contributed by atoms with Crippen LogP contribution in [0.5, 0.6) is 0 Å². The Hall–Kier alpha value is -0.660. The summed E-state index contributed by atoms with van der Waals surface area (Å²) in [5, 5.41) is 2.78. The van der Waals surface area contributed by atoms with Gasteiger partial charge in [-0.3, -0.25) is 0 Å². The van der Waals surface area contributed by atoms with Crippen LogP contribution in [0.1, 0.15) is 34.1 Å². The summed E-state index contributed by atoms with van der Waals surface area (Å²) in [6.07, 6.45) is 2.46. The predicted octanol–water partition coefficient (Wildman–Crippen LogP) is 3.34. The molecule has 1 saturated carbocycles. The lowest BCUT2D eigenvalue weighted by atomic mass is 10.0. The molecule has 0 aromatic heterocycles. The van der Waals surface area contributed by atoms with Crippen LogP contribution < -0.4 is 0 Å². The standard InChI is InChI=1S/C10H17NO/c1-7(6-11-12)5-9-8(2)10(9,3)4/h6,8-9H,5H2,1-4H3/b7-6+. The van der Waals surface area contributed by atoms with E-state index in [0.29, 0.717) is 5.41 Å². The van der Waals surface area contributed by atoms with Gasteiger partial charge in [0.15, 0.2) is 0 Å². The second-order valence-corrected chi connectivity index (χ2v) is 4.50. The summed E-state index contributed by atoms with van der Waals surface area (Å²) in [5.41, 5.74) is 1.57. The van der Waals surface area contributed by atoms with E-state index in [4.69, 9.17) is 0 Å². The summed E-state index contributed by atoms with van der Waals surface area (Å²) in [6, 6.07) is 0. The lowest BCUT2D eigenvalue weighted by molar-refractivity contribution is 0.542. The Balaban J connectivity index is 2.46. The number of hydrogen-bond donors (Lipinski definition) is 0. The van der Waals surface area contributed by atoms with Gasteiger partial charge in [0.1, 0.15) is 0 Å². The van der Waals surface area contributed by atoms with Crippen LogP contribution in [0, 0.1) is 22.2 Å². The Kier molecular flexibility index (Phi) is 2.36. The lowest BCUT2D eigenvalue weighted by Crippen LogP contribution is -1.90. The summed E-state index contributed by atoms with van der Waals surface area (Å²) in [7, 11) is 0. The molecule has 0 aliphatic heterocycles. The molecule has 0 radical (unpaired) electrons. The lowest BCUT2D eigenvalue weighted by Gasteiger charge is -2.01. The van der Waals surface area contributed by atoms with Crippen LogP contribution >= 0.6 is 0 Å².